The van der Waals surface area contributed by atoms with Gasteiger partial charge in [0.25, 0.3) is 5.91 Å². The van der Waals surface area contributed by atoms with E-state index in [0.29, 0.717) is 17.1 Å². The number of hydrogen-bond donors (Lipinski definition) is 0. The summed E-state index contributed by atoms with van der Waals surface area (Å²) in [6.07, 6.45) is 2.05. The van der Waals surface area contributed by atoms with Crippen molar-refractivity contribution in [3.63, 3.8) is 0 Å². The molecule has 1 amide bonds. The van der Waals surface area contributed by atoms with Crippen LogP contribution in [-0.4, -0.2) is 48.2 Å². The highest BCUT2D eigenvalue weighted by atomic mass is 35.5. The normalized spacial score (nSPS) is 11.3. The van der Waals surface area contributed by atoms with Crippen LogP contribution in [0.2, 0.25) is 5.02 Å². The molecule has 0 saturated carbocycles. The zero-order valence-corrected chi connectivity index (χ0v) is 18.7. The standard InChI is InChI=1S/C21H24ClN3OS2/c1-4-24(5-2)13-14-25(20(26)15-9-11-16(22)12-10-15)21-23-19-17(27-3)7-6-8-18(19)28-21/h6-12H,4-5,13-14H2,1-3H3. The number of benzene rings is 2. The van der Waals surface area contributed by atoms with Gasteiger partial charge in [-0.1, -0.05) is 42.9 Å². The molecule has 2 aromatic carbocycles. The van der Waals surface area contributed by atoms with Crippen molar-refractivity contribution in [1.29, 1.82) is 0 Å². The van der Waals surface area contributed by atoms with Gasteiger partial charge in [0.1, 0.15) is 0 Å². The molecule has 0 N–H and O–H groups in total. The molecule has 7 heteroatoms. The molecule has 0 aliphatic heterocycles. The van der Waals surface area contributed by atoms with E-state index in [4.69, 9.17) is 16.6 Å². The number of likely N-dealkylation sites (N-methyl/N-ethyl adjacent to an activating group) is 1. The van der Waals surface area contributed by atoms with Crippen molar-refractivity contribution in [3.05, 3.63) is 53.1 Å². The van der Waals surface area contributed by atoms with E-state index in [2.05, 4.69) is 30.9 Å². The number of rotatable bonds is 8. The molecule has 0 aliphatic carbocycles. The van der Waals surface area contributed by atoms with Gasteiger partial charge in [0.15, 0.2) is 5.13 Å². The highest BCUT2D eigenvalue weighted by Gasteiger charge is 2.22. The Bertz CT molecular complexity index is 938. The minimum atomic E-state index is -0.0476. The molecular weight excluding hydrogens is 410 g/mol. The molecule has 0 atom stereocenters. The molecule has 148 valence electrons. The Balaban J connectivity index is 1.97. The fraction of sp³-hybridized carbons (Fsp3) is 0.333. The summed E-state index contributed by atoms with van der Waals surface area (Å²) in [4.78, 5) is 23.4. The number of carbonyl (C=O) groups is 1. The third kappa shape index (κ3) is 4.69. The SMILES string of the molecule is CCN(CC)CCN(C(=O)c1ccc(Cl)cc1)c1nc2c(SC)cccc2s1. The molecule has 0 aliphatic rings. The summed E-state index contributed by atoms with van der Waals surface area (Å²) < 4.78 is 1.10. The van der Waals surface area contributed by atoms with Crippen molar-refractivity contribution in [2.45, 2.75) is 18.7 Å². The van der Waals surface area contributed by atoms with Crippen LogP contribution in [0.1, 0.15) is 24.2 Å². The van der Waals surface area contributed by atoms with E-state index in [0.717, 1.165) is 39.9 Å². The van der Waals surface area contributed by atoms with Gasteiger partial charge in [-0.25, -0.2) is 4.98 Å². The van der Waals surface area contributed by atoms with Crippen molar-refractivity contribution >= 4 is 56.0 Å². The van der Waals surface area contributed by atoms with Crippen LogP contribution in [0, 0.1) is 0 Å². The molecule has 0 saturated heterocycles. The molecule has 3 rings (SSSR count). The fourth-order valence-electron chi connectivity index (χ4n) is 3.01. The third-order valence-electron chi connectivity index (χ3n) is 4.69. The number of halogens is 1. The predicted molar refractivity (Wildman–Crippen MR) is 122 cm³/mol. The number of anilines is 1. The molecular formula is C21H24ClN3OS2. The van der Waals surface area contributed by atoms with E-state index in [1.165, 1.54) is 0 Å². The lowest BCUT2D eigenvalue weighted by Gasteiger charge is -2.24. The third-order valence-corrected chi connectivity index (χ3v) is 6.76. The topological polar surface area (TPSA) is 36.4 Å². The second kappa shape index (κ2) is 9.74. The number of thiazole rings is 1. The summed E-state index contributed by atoms with van der Waals surface area (Å²) >= 11 is 9.23. The van der Waals surface area contributed by atoms with Crippen LogP contribution >= 0.6 is 34.7 Å². The Kier molecular flexibility index (Phi) is 7.35. The summed E-state index contributed by atoms with van der Waals surface area (Å²) in [6.45, 7) is 7.58. The molecule has 0 unspecified atom stereocenters. The molecule has 0 bridgehead atoms. The van der Waals surface area contributed by atoms with Gasteiger partial charge in [0.2, 0.25) is 0 Å². The maximum Gasteiger partial charge on any atom is 0.260 e. The molecule has 3 aromatic rings. The van der Waals surface area contributed by atoms with E-state index in [9.17, 15) is 4.79 Å². The first kappa shape index (κ1) is 21.1. The minimum Gasteiger partial charge on any atom is -0.302 e. The highest BCUT2D eigenvalue weighted by Crippen LogP contribution is 2.34. The van der Waals surface area contributed by atoms with Crippen LogP contribution in [0.5, 0.6) is 0 Å². The average Bonchev–Trinajstić information content (AvgIpc) is 3.15. The summed E-state index contributed by atoms with van der Waals surface area (Å²) in [6, 6.07) is 13.2. The van der Waals surface area contributed by atoms with E-state index in [-0.39, 0.29) is 5.91 Å². The van der Waals surface area contributed by atoms with Gasteiger partial charge in [0.05, 0.1) is 10.2 Å². The van der Waals surface area contributed by atoms with Crippen LogP contribution < -0.4 is 4.90 Å². The van der Waals surface area contributed by atoms with Crippen molar-refractivity contribution < 1.29 is 4.79 Å². The number of aromatic nitrogens is 1. The fourth-order valence-corrected chi connectivity index (χ4v) is 4.78. The van der Waals surface area contributed by atoms with Crippen molar-refractivity contribution in [2.24, 2.45) is 0 Å². The van der Waals surface area contributed by atoms with Crippen LogP contribution in [0.4, 0.5) is 5.13 Å². The van der Waals surface area contributed by atoms with Gasteiger partial charge in [-0.15, -0.1) is 11.8 Å². The van der Waals surface area contributed by atoms with Crippen LogP contribution in [-0.2, 0) is 0 Å². The number of carbonyl (C=O) groups excluding carboxylic acids is 1. The zero-order chi connectivity index (χ0) is 20.1. The van der Waals surface area contributed by atoms with Gasteiger partial charge in [-0.3, -0.25) is 9.69 Å². The maximum absolute atomic E-state index is 13.3. The van der Waals surface area contributed by atoms with Crippen LogP contribution in [0.25, 0.3) is 10.2 Å². The number of hydrogen-bond acceptors (Lipinski definition) is 5. The number of amides is 1. The monoisotopic (exact) mass is 433 g/mol. The summed E-state index contributed by atoms with van der Waals surface area (Å²) in [7, 11) is 0. The number of nitrogens with zero attached hydrogens (tertiary/aromatic N) is 3. The summed E-state index contributed by atoms with van der Waals surface area (Å²) in [5.74, 6) is -0.0476. The molecule has 0 spiro atoms. The summed E-state index contributed by atoms with van der Waals surface area (Å²) in [5.41, 5.74) is 1.58. The zero-order valence-electron chi connectivity index (χ0n) is 16.3. The quantitative estimate of drug-likeness (QED) is 0.429. The Hall–Kier alpha value is -1.60. The molecule has 28 heavy (non-hydrogen) atoms. The Morgan fingerprint density at radius 3 is 2.46 bits per heavy atom. The second-order valence-electron chi connectivity index (χ2n) is 6.29. The average molecular weight is 434 g/mol. The summed E-state index contributed by atoms with van der Waals surface area (Å²) in [5, 5.41) is 1.36. The number of fused-ring (bicyclic) bond motifs is 1. The van der Waals surface area contributed by atoms with Gasteiger partial charge < -0.3 is 4.90 Å². The van der Waals surface area contributed by atoms with Crippen LogP contribution in [0.15, 0.2) is 47.4 Å². The van der Waals surface area contributed by atoms with E-state index >= 15 is 0 Å². The molecule has 0 fully saturated rings. The largest absolute Gasteiger partial charge is 0.302 e. The maximum atomic E-state index is 13.3. The van der Waals surface area contributed by atoms with Crippen molar-refractivity contribution in [1.82, 2.24) is 9.88 Å². The van der Waals surface area contributed by atoms with E-state index in [1.54, 1.807) is 52.3 Å². The first-order chi connectivity index (χ1) is 13.6. The van der Waals surface area contributed by atoms with E-state index in [1.807, 2.05) is 12.3 Å². The van der Waals surface area contributed by atoms with Crippen LogP contribution in [0.3, 0.4) is 0 Å². The Morgan fingerprint density at radius 2 is 1.82 bits per heavy atom. The smallest absolute Gasteiger partial charge is 0.260 e. The van der Waals surface area contributed by atoms with E-state index < -0.39 is 0 Å². The lowest BCUT2D eigenvalue weighted by atomic mass is 10.2. The molecule has 1 heterocycles. The Labute approximate surface area is 179 Å². The van der Waals surface area contributed by atoms with Gasteiger partial charge >= 0.3 is 0 Å². The predicted octanol–water partition coefficient (Wildman–Crippen LogP) is 5.66. The second-order valence-corrected chi connectivity index (χ2v) is 8.59. The first-order valence-corrected chi connectivity index (χ1v) is 11.7. The van der Waals surface area contributed by atoms with Crippen molar-refractivity contribution in [2.75, 3.05) is 37.3 Å². The van der Waals surface area contributed by atoms with Gasteiger partial charge in [0, 0.05) is 28.6 Å². The molecule has 0 radical (unpaired) electrons. The molecule has 4 nitrogen and oxygen atoms in total. The number of thioether (sulfide) groups is 1. The van der Waals surface area contributed by atoms with Gasteiger partial charge in [-0.05, 0) is 55.7 Å². The lowest BCUT2D eigenvalue weighted by Crippen LogP contribution is -2.38. The molecule has 1 aromatic heterocycles. The number of para-hydroxylation sites is 1. The minimum absolute atomic E-state index is 0.0476. The lowest BCUT2D eigenvalue weighted by molar-refractivity contribution is 0.0984. The highest BCUT2D eigenvalue weighted by molar-refractivity contribution is 7.98. The first-order valence-electron chi connectivity index (χ1n) is 9.30. The Morgan fingerprint density at radius 1 is 1.11 bits per heavy atom. The van der Waals surface area contributed by atoms with Gasteiger partial charge in [-0.2, -0.15) is 0 Å². The van der Waals surface area contributed by atoms with Crippen molar-refractivity contribution in [3.8, 4) is 0 Å².